The minimum Gasteiger partial charge on any atom is -0.481 e. The van der Waals surface area contributed by atoms with Crippen molar-refractivity contribution in [2.24, 2.45) is 5.92 Å². The lowest BCUT2D eigenvalue weighted by atomic mass is 9.98. The van der Waals surface area contributed by atoms with Crippen LogP contribution in [0, 0.1) is 5.92 Å². The highest BCUT2D eigenvalue weighted by molar-refractivity contribution is 5.76. The molecule has 1 rings (SSSR count). The van der Waals surface area contributed by atoms with Crippen molar-refractivity contribution in [3.8, 4) is 0 Å². The largest absolute Gasteiger partial charge is 0.481 e. The van der Waals surface area contributed by atoms with E-state index < -0.39 is 11.9 Å². The third-order valence-electron chi connectivity index (χ3n) is 3.00. The predicted molar refractivity (Wildman–Crippen MR) is 73.7 cm³/mol. The van der Waals surface area contributed by atoms with Crippen LogP contribution in [0.4, 0.5) is 0 Å². The minimum absolute atomic E-state index is 0.343. The molecule has 0 amide bonds. The van der Waals surface area contributed by atoms with Gasteiger partial charge in [0.15, 0.2) is 0 Å². The molecule has 2 atom stereocenters. The molecule has 100 valence electrons. The van der Waals surface area contributed by atoms with Gasteiger partial charge in [-0.1, -0.05) is 44.2 Å². The molecule has 0 aliphatic rings. The van der Waals surface area contributed by atoms with Crippen LogP contribution < -0.4 is 5.32 Å². The van der Waals surface area contributed by atoms with Gasteiger partial charge < -0.3 is 10.4 Å². The fourth-order valence-electron chi connectivity index (χ4n) is 2.14. The van der Waals surface area contributed by atoms with Gasteiger partial charge in [0.1, 0.15) is 0 Å². The summed E-state index contributed by atoms with van der Waals surface area (Å²) in [6.45, 7) is 6.92. The third kappa shape index (κ3) is 4.88. The molecule has 3 heteroatoms. The van der Waals surface area contributed by atoms with Crippen molar-refractivity contribution in [3.05, 3.63) is 35.9 Å². The molecule has 1 aromatic carbocycles. The van der Waals surface area contributed by atoms with E-state index in [0.717, 1.165) is 12.0 Å². The number of carbonyl (C=O) groups is 1. The minimum atomic E-state index is -0.773. The summed E-state index contributed by atoms with van der Waals surface area (Å²) in [6.07, 6.45) is 1.06. The van der Waals surface area contributed by atoms with Crippen molar-refractivity contribution in [2.45, 2.75) is 39.2 Å². The molecule has 3 nitrogen and oxygen atoms in total. The second kappa shape index (κ2) is 7.17. The lowest BCUT2D eigenvalue weighted by molar-refractivity contribution is -0.138. The number of benzene rings is 1. The van der Waals surface area contributed by atoms with Crippen molar-refractivity contribution in [2.75, 3.05) is 6.54 Å². The first-order valence-electron chi connectivity index (χ1n) is 6.51. The van der Waals surface area contributed by atoms with Crippen molar-refractivity contribution >= 4 is 5.97 Å². The van der Waals surface area contributed by atoms with Gasteiger partial charge in [-0.25, -0.2) is 0 Å². The molecule has 0 bridgehead atoms. The SMILES string of the molecule is CC(C)CC(C)NCC(C(=O)O)c1ccccc1. The molecule has 0 spiro atoms. The highest BCUT2D eigenvalue weighted by Gasteiger charge is 2.20. The first-order valence-corrected chi connectivity index (χ1v) is 6.51. The summed E-state index contributed by atoms with van der Waals surface area (Å²) in [4.78, 5) is 11.3. The van der Waals surface area contributed by atoms with Gasteiger partial charge in [0, 0.05) is 12.6 Å². The third-order valence-corrected chi connectivity index (χ3v) is 3.00. The number of hydrogen-bond donors (Lipinski definition) is 2. The van der Waals surface area contributed by atoms with Gasteiger partial charge in [0.25, 0.3) is 0 Å². The molecule has 0 radical (unpaired) electrons. The van der Waals surface area contributed by atoms with E-state index in [2.05, 4.69) is 26.1 Å². The first-order chi connectivity index (χ1) is 8.50. The number of nitrogens with one attached hydrogen (secondary N) is 1. The summed E-state index contributed by atoms with van der Waals surface area (Å²) in [5.41, 5.74) is 0.856. The topological polar surface area (TPSA) is 49.3 Å². The van der Waals surface area contributed by atoms with Gasteiger partial charge in [-0.2, -0.15) is 0 Å². The second-order valence-electron chi connectivity index (χ2n) is 5.24. The Labute approximate surface area is 109 Å². The lowest BCUT2D eigenvalue weighted by Gasteiger charge is -2.19. The summed E-state index contributed by atoms with van der Waals surface area (Å²) >= 11 is 0. The number of aliphatic carboxylic acids is 1. The van der Waals surface area contributed by atoms with Gasteiger partial charge in [-0.15, -0.1) is 0 Å². The molecule has 0 saturated heterocycles. The van der Waals surface area contributed by atoms with Gasteiger partial charge in [-0.05, 0) is 24.8 Å². The number of carboxylic acid groups (broad SMARTS) is 1. The Morgan fingerprint density at radius 2 is 1.83 bits per heavy atom. The second-order valence-corrected chi connectivity index (χ2v) is 5.24. The maximum atomic E-state index is 11.3. The Balaban J connectivity index is 2.57. The Bertz CT molecular complexity index is 362. The molecule has 0 fully saturated rings. The predicted octanol–water partition coefficient (Wildman–Crippen LogP) is 2.88. The smallest absolute Gasteiger partial charge is 0.312 e. The van der Waals surface area contributed by atoms with Crippen LogP contribution in [-0.4, -0.2) is 23.7 Å². The van der Waals surface area contributed by atoms with Crippen molar-refractivity contribution < 1.29 is 9.90 Å². The lowest BCUT2D eigenvalue weighted by Crippen LogP contribution is -2.34. The molecule has 2 N–H and O–H groups in total. The van der Waals surface area contributed by atoms with E-state index in [9.17, 15) is 9.90 Å². The van der Waals surface area contributed by atoms with Crippen LogP contribution in [0.25, 0.3) is 0 Å². The zero-order valence-corrected chi connectivity index (χ0v) is 11.4. The molecule has 1 aromatic rings. The van der Waals surface area contributed by atoms with Gasteiger partial charge in [0.2, 0.25) is 0 Å². The molecule has 0 heterocycles. The standard InChI is InChI=1S/C15H23NO2/c1-11(2)9-12(3)16-10-14(15(17)18)13-7-5-4-6-8-13/h4-8,11-12,14,16H,9-10H2,1-3H3,(H,17,18). The van der Waals surface area contributed by atoms with E-state index in [1.807, 2.05) is 30.3 Å². The zero-order valence-electron chi connectivity index (χ0n) is 11.4. The summed E-state index contributed by atoms with van der Waals surface area (Å²) in [6, 6.07) is 9.74. The maximum Gasteiger partial charge on any atom is 0.312 e. The Morgan fingerprint density at radius 1 is 1.22 bits per heavy atom. The van der Waals surface area contributed by atoms with E-state index >= 15 is 0 Å². The molecule has 0 aliphatic heterocycles. The highest BCUT2D eigenvalue weighted by Crippen LogP contribution is 2.15. The molecule has 0 aliphatic carbocycles. The molecule has 0 aromatic heterocycles. The van der Waals surface area contributed by atoms with Crippen LogP contribution in [-0.2, 0) is 4.79 Å². The van der Waals surface area contributed by atoms with E-state index in [1.54, 1.807) is 0 Å². The average molecular weight is 249 g/mol. The average Bonchev–Trinajstić information content (AvgIpc) is 2.29. The molecule has 0 saturated carbocycles. The maximum absolute atomic E-state index is 11.3. The number of rotatable bonds is 7. The Morgan fingerprint density at radius 3 is 2.33 bits per heavy atom. The normalized spacial score (nSPS) is 14.4. The fraction of sp³-hybridized carbons (Fsp3) is 0.533. The van der Waals surface area contributed by atoms with Crippen LogP contribution in [0.5, 0.6) is 0 Å². The van der Waals surface area contributed by atoms with E-state index in [4.69, 9.17) is 0 Å². The molecular weight excluding hydrogens is 226 g/mol. The van der Waals surface area contributed by atoms with Gasteiger partial charge in [-0.3, -0.25) is 4.79 Å². The van der Waals surface area contributed by atoms with E-state index in [-0.39, 0.29) is 0 Å². The molecular formula is C15H23NO2. The zero-order chi connectivity index (χ0) is 13.5. The monoisotopic (exact) mass is 249 g/mol. The number of carboxylic acids is 1. The van der Waals surface area contributed by atoms with Crippen LogP contribution in [0.3, 0.4) is 0 Å². The van der Waals surface area contributed by atoms with Crippen LogP contribution in [0.1, 0.15) is 38.7 Å². The molecule has 2 unspecified atom stereocenters. The first kappa shape index (κ1) is 14.7. The quantitative estimate of drug-likeness (QED) is 0.781. The molecule has 18 heavy (non-hydrogen) atoms. The summed E-state index contributed by atoms with van der Waals surface area (Å²) in [5, 5.41) is 12.6. The van der Waals surface area contributed by atoms with E-state index in [0.29, 0.717) is 18.5 Å². The van der Waals surface area contributed by atoms with Crippen LogP contribution in [0.15, 0.2) is 30.3 Å². The Kier molecular flexibility index (Phi) is 5.86. The van der Waals surface area contributed by atoms with Crippen LogP contribution in [0.2, 0.25) is 0 Å². The van der Waals surface area contributed by atoms with Gasteiger partial charge >= 0.3 is 5.97 Å². The summed E-state index contributed by atoms with van der Waals surface area (Å²) in [7, 11) is 0. The Hall–Kier alpha value is -1.35. The summed E-state index contributed by atoms with van der Waals surface area (Å²) < 4.78 is 0. The number of hydrogen-bond acceptors (Lipinski definition) is 2. The highest BCUT2D eigenvalue weighted by atomic mass is 16.4. The van der Waals surface area contributed by atoms with Crippen LogP contribution >= 0.6 is 0 Å². The van der Waals surface area contributed by atoms with Crippen molar-refractivity contribution in [1.82, 2.24) is 5.32 Å². The summed E-state index contributed by atoms with van der Waals surface area (Å²) in [5.74, 6) is -0.626. The van der Waals surface area contributed by atoms with Crippen molar-refractivity contribution in [1.29, 1.82) is 0 Å². The van der Waals surface area contributed by atoms with Gasteiger partial charge in [0.05, 0.1) is 5.92 Å². The van der Waals surface area contributed by atoms with E-state index in [1.165, 1.54) is 0 Å². The van der Waals surface area contributed by atoms with Crippen molar-refractivity contribution in [3.63, 3.8) is 0 Å². The fourth-order valence-corrected chi connectivity index (χ4v) is 2.14.